The zero-order valence-electron chi connectivity index (χ0n) is 20.3. The van der Waals surface area contributed by atoms with E-state index >= 15 is 0 Å². The number of aromatic nitrogens is 3. The van der Waals surface area contributed by atoms with E-state index in [-0.39, 0.29) is 23.5 Å². The van der Waals surface area contributed by atoms with Crippen LogP contribution in [-0.4, -0.2) is 30.0 Å². The van der Waals surface area contributed by atoms with Gasteiger partial charge >= 0.3 is 0 Å². The van der Waals surface area contributed by atoms with E-state index < -0.39 is 21.4 Å². The van der Waals surface area contributed by atoms with Crippen molar-refractivity contribution in [1.82, 2.24) is 14.8 Å². The number of aliphatic hydroxyl groups is 1. The van der Waals surface area contributed by atoms with Gasteiger partial charge in [0, 0.05) is 22.9 Å². The number of nitrogens with two attached hydrogens (primary N) is 1. The summed E-state index contributed by atoms with van der Waals surface area (Å²) in [5.41, 5.74) is 5.59. The number of hydrogen-bond donors (Lipinski definition) is 2. The van der Waals surface area contributed by atoms with Crippen LogP contribution in [0.1, 0.15) is 87.7 Å². The zero-order chi connectivity index (χ0) is 24.2. The molecule has 2 aromatic rings. The highest BCUT2D eigenvalue weighted by Crippen LogP contribution is 2.42. The molecule has 33 heavy (non-hydrogen) atoms. The smallest absolute Gasteiger partial charge is 0.259 e. The SMILES string of the molecule is CCC(C)(C)n1nc(S(N)(=O)=NC(=O)Cc2c3c(nc4c2CCC4(C)C)CCC3)cc1CO. The number of amides is 1. The summed E-state index contributed by atoms with van der Waals surface area (Å²) in [6.07, 6.45) is 5.58. The highest BCUT2D eigenvalue weighted by atomic mass is 32.2. The molecule has 1 unspecified atom stereocenters. The molecule has 2 aromatic heterocycles. The molecule has 0 saturated carbocycles. The van der Waals surface area contributed by atoms with Gasteiger partial charge in [0.2, 0.25) is 0 Å². The van der Waals surface area contributed by atoms with Crippen LogP contribution in [0.4, 0.5) is 0 Å². The fourth-order valence-electron chi connectivity index (χ4n) is 5.01. The predicted molar refractivity (Wildman–Crippen MR) is 127 cm³/mol. The lowest BCUT2D eigenvalue weighted by atomic mass is 9.89. The Labute approximate surface area is 196 Å². The number of aliphatic hydroxyl groups excluding tert-OH is 1. The van der Waals surface area contributed by atoms with Gasteiger partial charge in [0.1, 0.15) is 0 Å². The molecule has 9 heteroatoms. The zero-order valence-corrected chi connectivity index (χ0v) is 21.1. The molecule has 0 aliphatic heterocycles. The molecule has 1 atom stereocenters. The Kier molecular flexibility index (Phi) is 6.04. The van der Waals surface area contributed by atoms with Gasteiger partial charge in [0.05, 0.1) is 24.3 Å². The number of hydrogen-bond acceptors (Lipinski definition) is 5. The van der Waals surface area contributed by atoms with E-state index in [1.54, 1.807) is 4.68 Å². The second-order valence-electron chi connectivity index (χ2n) is 10.5. The number of rotatable bonds is 6. The maximum atomic E-state index is 13.3. The average Bonchev–Trinajstić information content (AvgIpc) is 3.45. The van der Waals surface area contributed by atoms with Crippen LogP contribution in [0, 0.1) is 0 Å². The quantitative estimate of drug-likeness (QED) is 0.667. The fraction of sp³-hybridized carbons (Fsp3) is 0.625. The minimum Gasteiger partial charge on any atom is -0.390 e. The predicted octanol–water partition coefficient (Wildman–Crippen LogP) is 3.10. The van der Waals surface area contributed by atoms with Gasteiger partial charge in [-0.25, -0.2) is 9.35 Å². The van der Waals surface area contributed by atoms with Crippen molar-refractivity contribution in [2.24, 2.45) is 9.50 Å². The van der Waals surface area contributed by atoms with Crippen molar-refractivity contribution < 1.29 is 14.1 Å². The first-order valence-corrected chi connectivity index (χ1v) is 13.3. The van der Waals surface area contributed by atoms with E-state index in [0.717, 1.165) is 66.6 Å². The maximum absolute atomic E-state index is 13.3. The number of aryl methyl sites for hydroxylation is 1. The van der Waals surface area contributed by atoms with Crippen LogP contribution in [0.2, 0.25) is 0 Å². The van der Waals surface area contributed by atoms with Gasteiger partial charge in [-0.05, 0) is 69.1 Å². The van der Waals surface area contributed by atoms with Crippen molar-refractivity contribution in [3.05, 3.63) is 39.8 Å². The third-order valence-corrected chi connectivity index (χ3v) is 8.59. The molecule has 0 fully saturated rings. The van der Waals surface area contributed by atoms with Crippen molar-refractivity contribution >= 4 is 15.8 Å². The molecule has 0 spiro atoms. The molecule has 0 saturated heterocycles. The first-order chi connectivity index (χ1) is 15.4. The molecular weight excluding hydrogens is 438 g/mol. The largest absolute Gasteiger partial charge is 0.390 e. The lowest BCUT2D eigenvalue weighted by Crippen LogP contribution is -2.29. The number of carbonyl (C=O) groups is 1. The normalized spacial score (nSPS) is 18.6. The van der Waals surface area contributed by atoms with Gasteiger partial charge in [-0.3, -0.25) is 14.5 Å². The minimum absolute atomic E-state index is 0.0110. The molecular formula is C24H35N5O3S. The summed E-state index contributed by atoms with van der Waals surface area (Å²) in [6.45, 7) is 10.1. The topological polar surface area (TPSA) is 123 Å². The Hall–Kier alpha value is -2.10. The van der Waals surface area contributed by atoms with E-state index in [0.29, 0.717) is 5.69 Å². The highest BCUT2D eigenvalue weighted by Gasteiger charge is 2.36. The molecule has 2 aliphatic rings. The van der Waals surface area contributed by atoms with E-state index in [4.69, 9.17) is 10.1 Å². The van der Waals surface area contributed by atoms with Gasteiger partial charge in [0.25, 0.3) is 5.91 Å². The van der Waals surface area contributed by atoms with Gasteiger partial charge in [0.15, 0.2) is 14.9 Å². The van der Waals surface area contributed by atoms with E-state index in [9.17, 15) is 14.1 Å². The molecule has 0 bridgehead atoms. The summed E-state index contributed by atoms with van der Waals surface area (Å²) in [6, 6.07) is 1.49. The first-order valence-electron chi connectivity index (χ1n) is 11.7. The molecule has 1 amide bonds. The van der Waals surface area contributed by atoms with Crippen molar-refractivity contribution in [2.75, 3.05) is 0 Å². The summed E-state index contributed by atoms with van der Waals surface area (Å²) in [5.74, 6) is -0.510. The second kappa shape index (κ2) is 8.29. The molecule has 0 aromatic carbocycles. The van der Waals surface area contributed by atoms with E-state index in [1.165, 1.54) is 6.07 Å². The summed E-state index contributed by atoms with van der Waals surface area (Å²) < 4.78 is 18.8. The molecule has 8 nitrogen and oxygen atoms in total. The molecule has 4 rings (SSSR count). The van der Waals surface area contributed by atoms with Crippen LogP contribution >= 0.6 is 0 Å². The molecule has 2 aliphatic carbocycles. The molecule has 180 valence electrons. The molecule has 2 heterocycles. The van der Waals surface area contributed by atoms with Crippen molar-refractivity contribution in [1.29, 1.82) is 0 Å². The summed E-state index contributed by atoms with van der Waals surface area (Å²) in [4.78, 5) is 18.0. The van der Waals surface area contributed by atoms with Crippen molar-refractivity contribution in [3.8, 4) is 0 Å². The molecule has 3 N–H and O–H groups in total. The van der Waals surface area contributed by atoms with Gasteiger partial charge in [-0.15, -0.1) is 4.36 Å². The Bertz CT molecular complexity index is 1240. The van der Waals surface area contributed by atoms with Gasteiger partial charge in [-0.2, -0.15) is 5.10 Å². The summed E-state index contributed by atoms with van der Waals surface area (Å²) in [7, 11) is -3.54. The minimum atomic E-state index is -3.54. The van der Waals surface area contributed by atoms with Crippen LogP contribution < -0.4 is 5.14 Å². The number of nitrogens with zero attached hydrogens (tertiary/aromatic N) is 4. The highest BCUT2D eigenvalue weighted by molar-refractivity contribution is 7.91. The Morgan fingerprint density at radius 1 is 1.30 bits per heavy atom. The first kappa shape index (κ1) is 24.0. The lowest BCUT2D eigenvalue weighted by Gasteiger charge is -2.25. The van der Waals surface area contributed by atoms with Crippen molar-refractivity contribution in [2.45, 2.75) is 102 Å². The maximum Gasteiger partial charge on any atom is 0.259 e. The monoisotopic (exact) mass is 473 g/mol. The Balaban J connectivity index is 1.70. The van der Waals surface area contributed by atoms with E-state index in [1.807, 2.05) is 20.8 Å². The average molecular weight is 474 g/mol. The fourth-order valence-corrected chi connectivity index (χ4v) is 5.97. The van der Waals surface area contributed by atoms with Gasteiger partial charge in [-0.1, -0.05) is 20.8 Å². The van der Waals surface area contributed by atoms with Crippen LogP contribution in [0.15, 0.2) is 15.5 Å². The van der Waals surface area contributed by atoms with E-state index in [2.05, 4.69) is 23.3 Å². The van der Waals surface area contributed by atoms with Crippen LogP contribution in [0.5, 0.6) is 0 Å². The third-order valence-electron chi connectivity index (χ3n) is 7.32. The van der Waals surface area contributed by atoms with Crippen LogP contribution in [-0.2, 0) is 58.0 Å². The number of carbonyl (C=O) groups excluding carboxylic acids is 1. The second-order valence-corrected chi connectivity index (χ2v) is 12.3. The van der Waals surface area contributed by atoms with Crippen LogP contribution in [0.25, 0.3) is 0 Å². The van der Waals surface area contributed by atoms with Gasteiger partial charge < -0.3 is 5.11 Å². The molecule has 0 radical (unpaired) electrons. The summed E-state index contributed by atoms with van der Waals surface area (Å²) >= 11 is 0. The van der Waals surface area contributed by atoms with Crippen LogP contribution in [0.3, 0.4) is 0 Å². The lowest BCUT2D eigenvalue weighted by molar-refractivity contribution is -0.117. The number of pyridine rings is 1. The summed E-state index contributed by atoms with van der Waals surface area (Å²) in [5, 5.41) is 20.2. The Morgan fingerprint density at radius 3 is 2.70 bits per heavy atom. The standard InChI is InChI=1S/C24H35N5O3S/c1-6-24(4,5)29-15(14-30)12-21(27-29)33(25,32)28-20(31)13-18-16-8-7-9-19(16)26-22-17(18)10-11-23(22,2)3/h12,30H,6-11,13-14H2,1-5H3,(H2,25,28,31,32). The van der Waals surface area contributed by atoms with Crippen molar-refractivity contribution in [3.63, 3.8) is 0 Å². The third kappa shape index (κ3) is 4.26. The Morgan fingerprint density at radius 2 is 2.03 bits per heavy atom. The number of fused-ring (bicyclic) bond motifs is 2.